The van der Waals surface area contributed by atoms with Crippen LogP contribution in [0.4, 0.5) is 0 Å². The topological polar surface area (TPSA) is 0 Å². The summed E-state index contributed by atoms with van der Waals surface area (Å²) in [5.74, 6) is 0.884. The molecule has 4 rings (SSSR count). The minimum atomic E-state index is 0. The van der Waals surface area contributed by atoms with Gasteiger partial charge in [-0.3, -0.25) is 0 Å². The molecule has 0 saturated heterocycles. The molecule has 0 aliphatic heterocycles. The van der Waals surface area contributed by atoms with Crippen LogP contribution in [0.25, 0.3) is 10.8 Å². The molecule has 2 aliphatic carbocycles. The molecular weight excluding hydrogens is 422 g/mol. The Labute approximate surface area is 186 Å². The van der Waals surface area contributed by atoms with Crippen LogP contribution in [0.5, 0.6) is 0 Å². The van der Waals surface area contributed by atoms with E-state index in [1.54, 1.807) is 11.6 Å². The van der Waals surface area contributed by atoms with Gasteiger partial charge in [0, 0.05) is 0 Å². The van der Waals surface area contributed by atoms with Crippen molar-refractivity contribution in [2.75, 3.05) is 13.3 Å². The van der Waals surface area contributed by atoms with Crippen LogP contribution < -0.4 is 5.30 Å². The van der Waals surface area contributed by atoms with Gasteiger partial charge in [-0.25, -0.2) is 18.1 Å². The van der Waals surface area contributed by atoms with Gasteiger partial charge in [-0.15, -0.1) is 66.8 Å². The predicted molar refractivity (Wildman–Crippen MR) is 122 cm³/mol. The molecule has 0 bridgehead atoms. The van der Waals surface area contributed by atoms with Crippen molar-refractivity contribution in [3.05, 3.63) is 91.4 Å². The van der Waals surface area contributed by atoms with E-state index in [0.717, 1.165) is 5.92 Å². The van der Waals surface area contributed by atoms with E-state index < -0.39 is 0 Å². The molecule has 1 fully saturated rings. The van der Waals surface area contributed by atoms with Crippen molar-refractivity contribution >= 4 is 24.0 Å². The van der Waals surface area contributed by atoms with Gasteiger partial charge >= 0.3 is 26.2 Å². The Morgan fingerprint density at radius 2 is 2.00 bits per heavy atom. The third-order valence-corrected chi connectivity index (χ3v) is 5.95. The van der Waals surface area contributed by atoms with Gasteiger partial charge < -0.3 is 0 Å². The van der Waals surface area contributed by atoms with Gasteiger partial charge in [0.15, 0.2) is 0 Å². The fourth-order valence-electron chi connectivity index (χ4n) is 3.19. The van der Waals surface area contributed by atoms with E-state index in [2.05, 4.69) is 81.0 Å². The maximum Gasteiger partial charge on any atom is 2.00 e. The zero-order valence-electron chi connectivity index (χ0n) is 16.9. The smallest absolute Gasteiger partial charge is 0.227 e. The Morgan fingerprint density at radius 1 is 1.22 bits per heavy atom. The first-order valence-electron chi connectivity index (χ1n) is 9.42. The molecule has 1 unspecified atom stereocenters. The van der Waals surface area contributed by atoms with E-state index in [9.17, 15) is 0 Å². The number of hydrogen-bond donors (Lipinski definition) is 0. The van der Waals surface area contributed by atoms with Crippen LogP contribution in [0.3, 0.4) is 0 Å². The van der Waals surface area contributed by atoms with Crippen LogP contribution in [0.1, 0.15) is 26.2 Å². The molecule has 0 aromatic heterocycles. The van der Waals surface area contributed by atoms with Gasteiger partial charge in [0.1, 0.15) is 0 Å². The summed E-state index contributed by atoms with van der Waals surface area (Å²) >= 11 is 0. The zero-order chi connectivity index (χ0) is 18.8. The molecule has 0 spiro atoms. The summed E-state index contributed by atoms with van der Waals surface area (Å²) in [5, 5.41) is 4.26. The number of fused-ring (bicyclic) bond motifs is 2. The standard InChI is InChI=1S/C11H12P.C9H11.C5H8.Zr/c1-12(2)11-7-9-5-3-4-6-10(9)8-11;1-2-5-9-7-3-6-8(9)4-1;1-3-5-4-2;/h3-8H,1-2H3;1-2,4,6,9H,3,5,7H2;3-5H,1H2,2H3;/q2*-1;;+2. The summed E-state index contributed by atoms with van der Waals surface area (Å²) in [6.07, 6.45) is 18.6. The van der Waals surface area contributed by atoms with E-state index in [-0.39, 0.29) is 34.1 Å². The maximum atomic E-state index is 3.46. The predicted octanol–water partition coefficient (Wildman–Crippen LogP) is 7.16. The van der Waals surface area contributed by atoms with Crippen molar-refractivity contribution in [2.24, 2.45) is 5.92 Å². The molecule has 2 aromatic rings. The molecule has 1 saturated carbocycles. The van der Waals surface area contributed by atoms with Crippen LogP contribution >= 0.6 is 7.92 Å². The number of hydrogen-bond acceptors (Lipinski definition) is 0. The van der Waals surface area contributed by atoms with Gasteiger partial charge in [0.05, 0.1) is 0 Å². The van der Waals surface area contributed by atoms with Crippen molar-refractivity contribution in [3.8, 4) is 0 Å². The van der Waals surface area contributed by atoms with Crippen LogP contribution in [0.2, 0.25) is 0 Å². The maximum absolute atomic E-state index is 3.46. The Morgan fingerprint density at radius 3 is 2.59 bits per heavy atom. The average molecular weight is 454 g/mol. The van der Waals surface area contributed by atoms with Crippen LogP contribution in [0.15, 0.2) is 85.0 Å². The van der Waals surface area contributed by atoms with Crippen molar-refractivity contribution in [3.63, 3.8) is 0 Å². The second kappa shape index (κ2) is 13.2. The van der Waals surface area contributed by atoms with Gasteiger partial charge in [-0.1, -0.05) is 37.3 Å². The molecule has 1 atom stereocenters. The molecule has 0 radical (unpaired) electrons. The van der Waals surface area contributed by atoms with Crippen LogP contribution in [-0.2, 0) is 26.2 Å². The monoisotopic (exact) mass is 452 g/mol. The first-order valence-corrected chi connectivity index (χ1v) is 11.7. The van der Waals surface area contributed by atoms with Crippen LogP contribution in [0, 0.1) is 12.3 Å². The van der Waals surface area contributed by atoms with E-state index in [1.165, 1.54) is 35.3 Å². The molecule has 0 amide bonds. The normalized spacial score (nSPS) is 17.0. The number of allylic oxidation sites excluding steroid dienone is 7. The summed E-state index contributed by atoms with van der Waals surface area (Å²) in [7, 11) is 0.0576. The van der Waals surface area contributed by atoms with Gasteiger partial charge in [-0.05, 0) is 32.6 Å². The van der Waals surface area contributed by atoms with Crippen molar-refractivity contribution < 1.29 is 26.2 Å². The summed E-state index contributed by atoms with van der Waals surface area (Å²) in [5.41, 5.74) is 1.58. The van der Waals surface area contributed by atoms with Crippen molar-refractivity contribution in [1.29, 1.82) is 0 Å². The van der Waals surface area contributed by atoms with Crippen molar-refractivity contribution in [2.45, 2.75) is 26.2 Å². The molecule has 27 heavy (non-hydrogen) atoms. The fourth-order valence-corrected chi connectivity index (χ4v) is 3.99. The summed E-state index contributed by atoms with van der Waals surface area (Å²) in [6, 6.07) is 13.2. The molecule has 2 aromatic carbocycles. The molecule has 2 aliphatic rings. The Kier molecular flexibility index (Phi) is 11.7. The Hall–Kier alpha value is -1.03. The third-order valence-electron chi connectivity index (χ3n) is 4.66. The molecule has 140 valence electrons. The summed E-state index contributed by atoms with van der Waals surface area (Å²) in [6.45, 7) is 10.0. The first kappa shape index (κ1) is 24.0. The van der Waals surface area contributed by atoms with Gasteiger partial charge in [0.2, 0.25) is 0 Å². The second-order valence-electron chi connectivity index (χ2n) is 6.81. The number of rotatable bonds is 2. The SMILES string of the molecule is C1=CCC2CC[CH-]C2=C1.C=CC=CC.CP(C)c1cc2ccccc2[cH-]1.[Zr+2]. The van der Waals surface area contributed by atoms with Gasteiger partial charge in [0.25, 0.3) is 0 Å². The Bertz CT molecular complexity index is 743. The first-order chi connectivity index (χ1) is 12.7. The van der Waals surface area contributed by atoms with E-state index >= 15 is 0 Å². The number of benzene rings is 1. The minimum Gasteiger partial charge on any atom is -0.227 e. The summed E-state index contributed by atoms with van der Waals surface area (Å²) < 4.78 is 0. The van der Waals surface area contributed by atoms with E-state index in [0.29, 0.717) is 0 Å². The largest absolute Gasteiger partial charge is 2.00 e. The third kappa shape index (κ3) is 7.85. The minimum absolute atomic E-state index is 0. The molecule has 0 nitrogen and oxygen atoms in total. The Balaban J connectivity index is 0.000000217. The fraction of sp³-hybridized carbons (Fsp3) is 0.280. The van der Waals surface area contributed by atoms with E-state index in [4.69, 9.17) is 0 Å². The zero-order valence-corrected chi connectivity index (χ0v) is 20.2. The van der Waals surface area contributed by atoms with Crippen LogP contribution in [-0.4, -0.2) is 13.3 Å². The quantitative estimate of drug-likeness (QED) is 0.257. The van der Waals surface area contributed by atoms with E-state index in [1.807, 2.05) is 19.1 Å². The summed E-state index contributed by atoms with van der Waals surface area (Å²) in [4.78, 5) is 0. The van der Waals surface area contributed by atoms with Gasteiger partial charge in [-0.2, -0.15) is 6.07 Å². The van der Waals surface area contributed by atoms with Crippen molar-refractivity contribution in [1.82, 2.24) is 0 Å². The molecular formula is C25H31PZr. The second-order valence-corrected chi connectivity index (χ2v) is 9.11. The molecule has 0 N–H and O–H groups in total. The average Bonchev–Trinajstić information content (AvgIpc) is 3.30. The molecule has 2 heteroatoms. The molecule has 0 heterocycles.